The third-order valence-electron chi connectivity index (χ3n) is 9.59. The minimum atomic E-state index is -0.682. The molecule has 4 rings (SSSR count). The number of allylic oxidation sites excluding steroid dienone is 3. The number of rotatable bonds is 13. The summed E-state index contributed by atoms with van der Waals surface area (Å²) >= 11 is 0. The van der Waals surface area contributed by atoms with Crippen LogP contribution in [0.5, 0.6) is 0 Å². The largest absolute Gasteiger partial charge is 0.459 e. The van der Waals surface area contributed by atoms with Crippen LogP contribution in [-0.4, -0.2) is 65.7 Å². The van der Waals surface area contributed by atoms with Gasteiger partial charge in [0.25, 0.3) is 0 Å². The molecule has 0 radical (unpaired) electrons. The molecule has 0 saturated carbocycles. The Bertz CT molecular complexity index is 1180. The monoisotopic (exact) mass is 608 g/mol. The molecule has 7 nitrogen and oxygen atoms in total. The maximum absolute atomic E-state index is 12.5. The fraction of sp³-hybridized carbons (Fsp3) is 0.622. The first-order valence-corrected chi connectivity index (χ1v) is 16.4. The molecule has 0 bridgehead atoms. The molecular formula is C37H52O7. The Kier molecular flexibility index (Phi) is 12.2. The third-order valence-corrected chi connectivity index (χ3v) is 9.59. The zero-order valence-corrected chi connectivity index (χ0v) is 27.3. The lowest BCUT2D eigenvalue weighted by molar-refractivity contribution is -0.149. The van der Waals surface area contributed by atoms with Gasteiger partial charge in [-0.3, -0.25) is 9.59 Å². The minimum absolute atomic E-state index is 0.0223. The minimum Gasteiger partial charge on any atom is -0.459 e. The summed E-state index contributed by atoms with van der Waals surface area (Å²) < 4.78 is 23.8. The molecule has 7 heteroatoms. The standard InChI is InChI=1S/C37H52O7/c1-7-30(20-29-11-9-8-10-12-29)35-22-37(23-41-37)36(40)34(44-35)18-14-24(2)13-17-33-25(3)19-31(27(5)43-33)21-32(39)16-15-26(4)42-28(6)38/h8-16,18,25-27,30-31,33-36,40H,7,17,19-23H2,1-6H3/b16-15-,18-14+,24-13+/t25-,26-,27+,30-,31-,33-,34-,35-,36-,37-/m0/s1. The van der Waals surface area contributed by atoms with Gasteiger partial charge in [-0.05, 0) is 75.5 Å². The Hall–Kier alpha value is -2.58. The molecule has 0 aliphatic carbocycles. The number of benzene rings is 1. The van der Waals surface area contributed by atoms with E-state index in [4.69, 9.17) is 18.9 Å². The maximum Gasteiger partial charge on any atom is 0.303 e. The number of ketones is 1. The molecule has 1 spiro atoms. The Morgan fingerprint density at radius 2 is 1.86 bits per heavy atom. The normalized spacial score (nSPS) is 33.9. The van der Waals surface area contributed by atoms with Crippen molar-refractivity contribution in [2.45, 2.75) is 122 Å². The Labute approximate surface area is 263 Å². The summed E-state index contributed by atoms with van der Waals surface area (Å²) in [6, 6.07) is 10.5. The first-order chi connectivity index (χ1) is 21.0. The summed E-state index contributed by atoms with van der Waals surface area (Å²) in [5.41, 5.74) is 1.91. The van der Waals surface area contributed by atoms with Gasteiger partial charge in [0.15, 0.2) is 5.78 Å². The first kappa shape index (κ1) is 34.3. The Morgan fingerprint density at radius 1 is 1.14 bits per heavy atom. The van der Waals surface area contributed by atoms with Gasteiger partial charge < -0.3 is 24.1 Å². The van der Waals surface area contributed by atoms with Gasteiger partial charge in [-0.15, -0.1) is 0 Å². The molecule has 1 aromatic carbocycles. The van der Waals surface area contributed by atoms with Gasteiger partial charge in [0, 0.05) is 19.8 Å². The molecular weight excluding hydrogens is 556 g/mol. The average molecular weight is 609 g/mol. The first-order valence-electron chi connectivity index (χ1n) is 16.4. The lowest BCUT2D eigenvalue weighted by atomic mass is 9.81. The van der Waals surface area contributed by atoms with Gasteiger partial charge in [-0.25, -0.2) is 0 Å². The molecule has 3 fully saturated rings. The van der Waals surface area contributed by atoms with Crippen molar-refractivity contribution in [3.05, 3.63) is 71.8 Å². The van der Waals surface area contributed by atoms with Gasteiger partial charge >= 0.3 is 5.97 Å². The highest BCUT2D eigenvalue weighted by Crippen LogP contribution is 2.45. The molecule has 0 unspecified atom stereocenters. The van der Waals surface area contributed by atoms with Crippen molar-refractivity contribution >= 4 is 11.8 Å². The van der Waals surface area contributed by atoms with E-state index in [0.29, 0.717) is 24.9 Å². The zero-order valence-electron chi connectivity index (χ0n) is 27.3. The lowest BCUT2D eigenvalue weighted by Gasteiger charge is -2.40. The van der Waals surface area contributed by atoms with Crippen LogP contribution in [-0.2, 0) is 35.0 Å². The number of esters is 1. The summed E-state index contributed by atoms with van der Waals surface area (Å²) in [5.74, 6) is 0.473. The van der Waals surface area contributed by atoms with E-state index < -0.39 is 23.9 Å². The fourth-order valence-corrected chi connectivity index (χ4v) is 6.72. The second-order valence-corrected chi connectivity index (χ2v) is 13.2. The van der Waals surface area contributed by atoms with Crippen LogP contribution < -0.4 is 0 Å². The van der Waals surface area contributed by atoms with Gasteiger partial charge in [0.05, 0.1) is 24.9 Å². The molecule has 242 valence electrons. The van der Waals surface area contributed by atoms with Crippen molar-refractivity contribution in [1.82, 2.24) is 0 Å². The molecule has 1 N–H and O–H groups in total. The molecule has 0 aromatic heterocycles. The number of ether oxygens (including phenoxy) is 4. The number of hydrogen-bond donors (Lipinski definition) is 1. The second-order valence-electron chi connectivity index (χ2n) is 13.2. The van der Waals surface area contributed by atoms with Gasteiger partial charge in [0.2, 0.25) is 0 Å². The second kappa shape index (κ2) is 15.6. The highest BCUT2D eigenvalue weighted by molar-refractivity contribution is 5.89. The number of carbonyl (C=O) groups excluding carboxylic acids is 2. The zero-order chi connectivity index (χ0) is 31.9. The van der Waals surface area contributed by atoms with Crippen molar-refractivity contribution in [3.8, 4) is 0 Å². The van der Waals surface area contributed by atoms with Crippen LogP contribution in [0.4, 0.5) is 0 Å². The molecule has 3 saturated heterocycles. The van der Waals surface area contributed by atoms with Gasteiger partial charge in [-0.2, -0.15) is 0 Å². The fourth-order valence-electron chi connectivity index (χ4n) is 6.72. The van der Waals surface area contributed by atoms with E-state index in [9.17, 15) is 14.7 Å². The van der Waals surface area contributed by atoms with Gasteiger partial charge in [0.1, 0.15) is 23.9 Å². The number of carbonyl (C=O) groups is 2. The smallest absolute Gasteiger partial charge is 0.303 e. The van der Waals surface area contributed by atoms with Crippen molar-refractivity contribution in [2.75, 3.05) is 6.61 Å². The maximum atomic E-state index is 12.5. The van der Waals surface area contributed by atoms with Crippen molar-refractivity contribution in [3.63, 3.8) is 0 Å². The summed E-state index contributed by atoms with van der Waals surface area (Å²) in [5, 5.41) is 11.1. The van der Waals surface area contributed by atoms with E-state index in [1.54, 1.807) is 13.0 Å². The van der Waals surface area contributed by atoms with Crippen LogP contribution in [0.1, 0.15) is 79.2 Å². The number of epoxide rings is 1. The molecule has 3 aliphatic rings. The van der Waals surface area contributed by atoms with E-state index in [2.05, 4.69) is 51.1 Å². The van der Waals surface area contributed by atoms with E-state index in [0.717, 1.165) is 37.7 Å². The number of hydrogen-bond acceptors (Lipinski definition) is 7. The highest BCUT2D eigenvalue weighted by Gasteiger charge is 2.59. The SMILES string of the molecule is CC[C@@H](Cc1ccccc1)[C@@H]1C[C@]2(CO2)[C@@H](O)[C@H](/C=C/C(C)=C/C[C@@H]2O[C@H](C)[C@H](CC(=O)/C=C\[C@H](C)OC(C)=O)C[C@@H]2C)O1. The summed E-state index contributed by atoms with van der Waals surface area (Å²) in [4.78, 5) is 23.6. The Balaban J connectivity index is 1.30. The summed E-state index contributed by atoms with van der Waals surface area (Å²) in [6.07, 6.45) is 12.7. The third kappa shape index (κ3) is 9.46. The summed E-state index contributed by atoms with van der Waals surface area (Å²) in [6.45, 7) is 12.2. The van der Waals surface area contributed by atoms with Crippen LogP contribution in [0.25, 0.3) is 0 Å². The quantitative estimate of drug-likeness (QED) is 0.121. The van der Waals surface area contributed by atoms with E-state index in [1.165, 1.54) is 18.6 Å². The van der Waals surface area contributed by atoms with Crippen LogP contribution in [0.3, 0.4) is 0 Å². The van der Waals surface area contributed by atoms with Crippen molar-refractivity contribution in [2.24, 2.45) is 17.8 Å². The van der Waals surface area contributed by atoms with Crippen LogP contribution >= 0.6 is 0 Å². The van der Waals surface area contributed by atoms with Gasteiger partial charge in [-0.1, -0.05) is 74.4 Å². The Morgan fingerprint density at radius 3 is 2.52 bits per heavy atom. The van der Waals surface area contributed by atoms with Crippen LogP contribution in [0, 0.1) is 17.8 Å². The van der Waals surface area contributed by atoms with E-state index >= 15 is 0 Å². The molecule has 3 aliphatic heterocycles. The van der Waals surface area contributed by atoms with Crippen molar-refractivity contribution in [1.29, 1.82) is 0 Å². The lowest BCUT2D eigenvalue weighted by Crippen LogP contribution is -2.52. The molecule has 3 heterocycles. The molecule has 0 amide bonds. The summed E-state index contributed by atoms with van der Waals surface area (Å²) in [7, 11) is 0. The average Bonchev–Trinajstić information content (AvgIpc) is 3.76. The highest BCUT2D eigenvalue weighted by atomic mass is 16.6. The van der Waals surface area contributed by atoms with Crippen LogP contribution in [0.2, 0.25) is 0 Å². The van der Waals surface area contributed by atoms with E-state index in [-0.39, 0.29) is 36.0 Å². The topological polar surface area (TPSA) is 94.6 Å². The molecule has 1 aromatic rings. The van der Waals surface area contributed by atoms with Crippen molar-refractivity contribution < 1.29 is 33.6 Å². The molecule has 10 atom stereocenters. The molecule has 44 heavy (non-hydrogen) atoms. The van der Waals surface area contributed by atoms with E-state index in [1.807, 2.05) is 25.1 Å². The number of aliphatic hydroxyl groups excluding tert-OH is 1. The number of aliphatic hydroxyl groups is 1. The van der Waals surface area contributed by atoms with Crippen LogP contribution in [0.15, 0.2) is 66.3 Å². The predicted octanol–water partition coefficient (Wildman–Crippen LogP) is 6.33. The predicted molar refractivity (Wildman–Crippen MR) is 171 cm³/mol.